The van der Waals surface area contributed by atoms with Crippen LogP contribution in [0.1, 0.15) is 43.0 Å². The summed E-state index contributed by atoms with van der Waals surface area (Å²) in [5, 5.41) is 2.65. The quantitative estimate of drug-likeness (QED) is 0.833. The molecule has 7 heteroatoms. The van der Waals surface area contributed by atoms with Crippen LogP contribution in [0.5, 0.6) is 5.75 Å². The van der Waals surface area contributed by atoms with E-state index in [4.69, 9.17) is 4.74 Å². The Hall–Kier alpha value is -1.60. The topological polar surface area (TPSA) is 84.5 Å². The first-order chi connectivity index (χ1) is 10.5. The van der Waals surface area contributed by atoms with Crippen molar-refractivity contribution in [1.82, 2.24) is 10.0 Å². The summed E-state index contributed by atoms with van der Waals surface area (Å²) >= 11 is 0. The molecular weight excluding hydrogens is 304 g/mol. The van der Waals surface area contributed by atoms with Crippen molar-refractivity contribution in [2.45, 2.75) is 43.5 Å². The van der Waals surface area contributed by atoms with Crippen LogP contribution in [0.4, 0.5) is 0 Å². The highest BCUT2D eigenvalue weighted by molar-refractivity contribution is 7.89. The molecule has 22 heavy (non-hydrogen) atoms. The lowest BCUT2D eigenvalue weighted by Gasteiger charge is -2.14. The van der Waals surface area contributed by atoms with Crippen molar-refractivity contribution in [3.05, 3.63) is 23.8 Å². The van der Waals surface area contributed by atoms with Gasteiger partial charge in [-0.05, 0) is 38.0 Å². The molecule has 2 rings (SSSR count). The van der Waals surface area contributed by atoms with E-state index >= 15 is 0 Å². The molecule has 6 nitrogen and oxygen atoms in total. The lowest BCUT2D eigenvalue weighted by atomic mass is 10.2. The average molecular weight is 326 g/mol. The number of methoxy groups -OCH3 is 1. The van der Waals surface area contributed by atoms with E-state index in [0.717, 1.165) is 25.7 Å². The fourth-order valence-corrected chi connectivity index (χ4v) is 3.95. The van der Waals surface area contributed by atoms with Gasteiger partial charge in [0, 0.05) is 12.6 Å². The van der Waals surface area contributed by atoms with Crippen molar-refractivity contribution in [1.29, 1.82) is 0 Å². The monoisotopic (exact) mass is 326 g/mol. The molecule has 0 aliphatic heterocycles. The Bertz CT molecular complexity index is 637. The first-order valence-corrected chi connectivity index (χ1v) is 8.95. The molecule has 0 spiro atoms. The van der Waals surface area contributed by atoms with Gasteiger partial charge in [0.15, 0.2) is 0 Å². The normalized spacial score (nSPS) is 15.7. The number of hydrogen-bond acceptors (Lipinski definition) is 4. The van der Waals surface area contributed by atoms with Crippen LogP contribution in [-0.2, 0) is 10.0 Å². The zero-order valence-electron chi connectivity index (χ0n) is 12.9. The van der Waals surface area contributed by atoms with Gasteiger partial charge in [0.05, 0.1) is 17.6 Å². The average Bonchev–Trinajstić information content (AvgIpc) is 2.99. The van der Waals surface area contributed by atoms with Gasteiger partial charge in [0.2, 0.25) is 10.0 Å². The maximum atomic E-state index is 12.4. The van der Waals surface area contributed by atoms with Crippen molar-refractivity contribution in [2.24, 2.45) is 0 Å². The highest BCUT2D eigenvalue weighted by Crippen LogP contribution is 2.24. The summed E-state index contributed by atoms with van der Waals surface area (Å²) in [7, 11) is -2.18. The van der Waals surface area contributed by atoms with Gasteiger partial charge in [-0.2, -0.15) is 0 Å². The Kier molecular flexibility index (Phi) is 5.42. The Morgan fingerprint density at radius 1 is 1.32 bits per heavy atom. The van der Waals surface area contributed by atoms with E-state index in [9.17, 15) is 13.2 Å². The fourth-order valence-electron chi connectivity index (χ4n) is 2.62. The third kappa shape index (κ3) is 3.78. The van der Waals surface area contributed by atoms with Gasteiger partial charge in [-0.1, -0.05) is 12.8 Å². The molecule has 122 valence electrons. The SMILES string of the molecule is CCNC(=O)c1cc(S(=O)(=O)NC2CCCC2)ccc1OC. The Balaban J connectivity index is 2.30. The van der Waals surface area contributed by atoms with Crippen LogP contribution in [-0.4, -0.2) is 34.0 Å². The molecule has 1 amide bonds. The van der Waals surface area contributed by atoms with Crippen molar-refractivity contribution in [3.8, 4) is 5.75 Å². The predicted molar refractivity (Wildman–Crippen MR) is 83.6 cm³/mol. The number of ether oxygens (including phenoxy) is 1. The maximum Gasteiger partial charge on any atom is 0.255 e. The number of sulfonamides is 1. The van der Waals surface area contributed by atoms with Gasteiger partial charge in [0.1, 0.15) is 5.75 Å². The molecule has 1 aliphatic rings. The van der Waals surface area contributed by atoms with E-state index in [1.165, 1.54) is 25.3 Å². The highest BCUT2D eigenvalue weighted by Gasteiger charge is 2.24. The number of nitrogens with one attached hydrogen (secondary N) is 2. The van der Waals surface area contributed by atoms with Crippen LogP contribution in [0.3, 0.4) is 0 Å². The van der Waals surface area contributed by atoms with E-state index in [0.29, 0.717) is 12.3 Å². The van der Waals surface area contributed by atoms with E-state index in [1.54, 1.807) is 6.92 Å². The molecule has 0 atom stereocenters. The molecule has 2 N–H and O–H groups in total. The molecule has 1 fully saturated rings. The third-order valence-corrected chi connectivity index (χ3v) is 5.26. The lowest BCUT2D eigenvalue weighted by Crippen LogP contribution is -2.33. The molecule has 0 aromatic heterocycles. The molecule has 1 aromatic carbocycles. The van der Waals surface area contributed by atoms with Gasteiger partial charge in [-0.3, -0.25) is 4.79 Å². The summed E-state index contributed by atoms with van der Waals surface area (Å²) in [6.45, 7) is 2.26. The zero-order chi connectivity index (χ0) is 16.2. The summed E-state index contributed by atoms with van der Waals surface area (Å²) in [5.41, 5.74) is 0.221. The number of carbonyl (C=O) groups is 1. The van der Waals surface area contributed by atoms with E-state index in [2.05, 4.69) is 10.0 Å². The second-order valence-electron chi connectivity index (χ2n) is 5.32. The molecule has 1 aliphatic carbocycles. The third-order valence-electron chi connectivity index (χ3n) is 3.74. The molecule has 0 bridgehead atoms. The number of amides is 1. The minimum atomic E-state index is -3.63. The molecule has 1 saturated carbocycles. The van der Waals surface area contributed by atoms with Gasteiger partial charge in [-0.15, -0.1) is 0 Å². The van der Waals surface area contributed by atoms with Crippen LogP contribution in [0.2, 0.25) is 0 Å². The standard InChI is InChI=1S/C15H22N2O4S/c1-3-16-15(18)13-10-12(8-9-14(13)21-2)22(19,20)17-11-6-4-5-7-11/h8-11,17H,3-7H2,1-2H3,(H,16,18). The predicted octanol–water partition coefficient (Wildman–Crippen LogP) is 1.67. The molecule has 0 saturated heterocycles. The first-order valence-electron chi connectivity index (χ1n) is 7.46. The number of benzene rings is 1. The van der Waals surface area contributed by atoms with E-state index in [-0.39, 0.29) is 22.4 Å². The van der Waals surface area contributed by atoms with Gasteiger partial charge in [0.25, 0.3) is 5.91 Å². The second kappa shape index (κ2) is 7.11. The highest BCUT2D eigenvalue weighted by atomic mass is 32.2. The van der Waals surface area contributed by atoms with Gasteiger partial charge >= 0.3 is 0 Å². The number of hydrogen-bond donors (Lipinski definition) is 2. The minimum Gasteiger partial charge on any atom is -0.496 e. The molecule has 0 heterocycles. The Labute approximate surface area is 131 Å². The minimum absolute atomic E-state index is 0.0139. The molecule has 0 unspecified atom stereocenters. The van der Waals surface area contributed by atoms with E-state index < -0.39 is 10.0 Å². The summed E-state index contributed by atoms with van der Waals surface area (Å²) in [6, 6.07) is 4.31. The zero-order valence-corrected chi connectivity index (χ0v) is 13.7. The van der Waals surface area contributed by atoms with Crippen molar-refractivity contribution in [3.63, 3.8) is 0 Å². The van der Waals surface area contributed by atoms with Crippen LogP contribution in [0.15, 0.2) is 23.1 Å². The van der Waals surface area contributed by atoms with Crippen LogP contribution in [0, 0.1) is 0 Å². The Morgan fingerprint density at radius 2 is 2.00 bits per heavy atom. The summed E-state index contributed by atoms with van der Waals surface area (Å²) in [5.74, 6) is 0.00281. The van der Waals surface area contributed by atoms with Crippen molar-refractivity contribution < 1.29 is 17.9 Å². The summed E-state index contributed by atoms with van der Waals surface area (Å²) in [4.78, 5) is 12.1. The summed E-state index contributed by atoms with van der Waals surface area (Å²) in [6.07, 6.45) is 3.80. The number of rotatable bonds is 6. The van der Waals surface area contributed by atoms with Crippen molar-refractivity contribution in [2.75, 3.05) is 13.7 Å². The van der Waals surface area contributed by atoms with Gasteiger partial charge < -0.3 is 10.1 Å². The first kappa shape index (κ1) is 16.8. The Morgan fingerprint density at radius 3 is 2.59 bits per heavy atom. The maximum absolute atomic E-state index is 12.4. The summed E-state index contributed by atoms with van der Waals surface area (Å²) < 4.78 is 32.7. The van der Waals surface area contributed by atoms with E-state index in [1.807, 2.05) is 0 Å². The van der Waals surface area contributed by atoms with Crippen molar-refractivity contribution >= 4 is 15.9 Å². The molecular formula is C15H22N2O4S. The second-order valence-corrected chi connectivity index (χ2v) is 7.04. The molecule has 0 radical (unpaired) electrons. The van der Waals surface area contributed by atoms with Crippen LogP contribution < -0.4 is 14.8 Å². The van der Waals surface area contributed by atoms with Gasteiger partial charge in [-0.25, -0.2) is 13.1 Å². The number of carbonyl (C=O) groups excluding carboxylic acids is 1. The molecule has 1 aromatic rings. The van der Waals surface area contributed by atoms with Crippen LogP contribution >= 0.6 is 0 Å². The lowest BCUT2D eigenvalue weighted by molar-refractivity contribution is 0.0952. The smallest absolute Gasteiger partial charge is 0.255 e. The fraction of sp³-hybridized carbons (Fsp3) is 0.533. The largest absolute Gasteiger partial charge is 0.496 e. The van der Waals surface area contributed by atoms with Crippen LogP contribution in [0.25, 0.3) is 0 Å².